The van der Waals surface area contributed by atoms with Crippen LogP contribution in [0.2, 0.25) is 0 Å². The molecule has 0 amide bonds. The maximum atomic E-state index is 6.66. The van der Waals surface area contributed by atoms with Gasteiger partial charge < -0.3 is 14.3 Å². The topological polar surface area (TPSA) is 54.8 Å². The number of fused-ring (bicyclic) bond motifs is 10. The molecule has 3 aromatic heterocycles. The SMILES string of the molecule is c1ccc(C2=NC(c3ccccc3)NC(c3cc(-n4c5ccccc5c5c6c(ccc54)sc4ccccc46)cc4oc5ccccc5c34)=N2)cc1. The lowest BCUT2D eigenvalue weighted by Gasteiger charge is -2.24. The number of amidine groups is 2. The molecule has 4 heterocycles. The molecule has 1 aliphatic heterocycles. The maximum absolute atomic E-state index is 6.66. The fourth-order valence-corrected chi connectivity index (χ4v) is 8.93. The molecule has 0 saturated heterocycles. The monoisotopic (exact) mass is 672 g/mol. The fourth-order valence-electron chi connectivity index (χ4n) is 7.82. The standard InChI is InChI=1S/C45H28N4OS/c1-3-13-27(14-4-1)43-46-44(28-15-5-2-6-16-28)48-45(47-43)33-25-29(26-37-40(33)31-18-8-11-21-36(31)50-37)49-34-20-10-7-17-30(34)41-35(49)23-24-39-42(41)32-19-9-12-22-38(32)51-39/h1-26,43H,(H,46,47,48). The molecule has 0 radical (unpaired) electrons. The van der Waals surface area contributed by atoms with Crippen LogP contribution in [0.3, 0.4) is 0 Å². The van der Waals surface area contributed by atoms with Gasteiger partial charge in [-0.15, -0.1) is 11.3 Å². The third-order valence-electron chi connectivity index (χ3n) is 10.0. The molecule has 6 heteroatoms. The molecule has 0 bridgehead atoms. The summed E-state index contributed by atoms with van der Waals surface area (Å²) in [7, 11) is 0. The highest BCUT2D eigenvalue weighted by atomic mass is 32.1. The molecule has 1 unspecified atom stereocenters. The molecule has 5 nitrogen and oxygen atoms in total. The quantitative estimate of drug-likeness (QED) is 0.202. The van der Waals surface area contributed by atoms with E-state index in [1.165, 1.54) is 30.9 Å². The van der Waals surface area contributed by atoms with Crippen LogP contribution in [0.4, 0.5) is 0 Å². The zero-order valence-corrected chi connectivity index (χ0v) is 28.1. The van der Waals surface area contributed by atoms with Crippen molar-refractivity contribution in [3.05, 3.63) is 174 Å². The molecule has 0 spiro atoms. The first-order chi connectivity index (χ1) is 25.3. The van der Waals surface area contributed by atoms with Crippen molar-refractivity contribution < 1.29 is 4.42 Å². The number of thiophene rings is 1. The molecular weight excluding hydrogens is 645 g/mol. The summed E-state index contributed by atoms with van der Waals surface area (Å²) < 4.78 is 11.6. The lowest BCUT2D eigenvalue weighted by atomic mass is 10.0. The van der Waals surface area contributed by atoms with E-state index >= 15 is 0 Å². The second-order valence-corrected chi connectivity index (χ2v) is 14.1. The van der Waals surface area contributed by atoms with Gasteiger partial charge in [0.05, 0.1) is 16.7 Å². The smallest absolute Gasteiger partial charge is 0.159 e. The average Bonchev–Trinajstić information content (AvgIpc) is 3.87. The Morgan fingerprint density at radius 1 is 0.569 bits per heavy atom. The Kier molecular flexibility index (Phi) is 6.12. The summed E-state index contributed by atoms with van der Waals surface area (Å²) in [5.74, 6) is 1.44. The Balaban J connectivity index is 1.22. The Hall–Kier alpha value is -6.50. The van der Waals surface area contributed by atoms with Crippen molar-refractivity contribution in [2.75, 3.05) is 0 Å². The first kappa shape index (κ1) is 28.3. The van der Waals surface area contributed by atoms with Gasteiger partial charge in [0.1, 0.15) is 23.2 Å². The minimum absolute atomic E-state index is 0.320. The molecule has 240 valence electrons. The van der Waals surface area contributed by atoms with Gasteiger partial charge in [0.2, 0.25) is 0 Å². The average molecular weight is 673 g/mol. The third-order valence-corrected chi connectivity index (χ3v) is 11.2. The molecule has 1 N–H and O–H groups in total. The number of hydrogen-bond acceptors (Lipinski definition) is 5. The number of aromatic nitrogens is 1. The minimum atomic E-state index is -0.320. The van der Waals surface area contributed by atoms with Crippen LogP contribution in [0.15, 0.2) is 172 Å². The minimum Gasteiger partial charge on any atom is -0.456 e. The van der Waals surface area contributed by atoms with Gasteiger partial charge in [-0.3, -0.25) is 0 Å². The Morgan fingerprint density at radius 2 is 1.29 bits per heavy atom. The van der Waals surface area contributed by atoms with Crippen molar-refractivity contribution in [3.63, 3.8) is 0 Å². The van der Waals surface area contributed by atoms with E-state index in [-0.39, 0.29) is 6.17 Å². The highest BCUT2D eigenvalue weighted by Crippen LogP contribution is 2.44. The number of aliphatic imine (C=N–C) groups is 2. The maximum Gasteiger partial charge on any atom is 0.159 e. The Labute approximate surface area is 296 Å². The van der Waals surface area contributed by atoms with Gasteiger partial charge in [-0.2, -0.15) is 0 Å². The molecule has 1 atom stereocenters. The Bertz CT molecular complexity index is 3060. The fraction of sp³-hybridized carbons (Fsp3) is 0.0222. The van der Waals surface area contributed by atoms with Crippen LogP contribution in [-0.4, -0.2) is 16.2 Å². The zero-order chi connectivity index (χ0) is 33.5. The lowest BCUT2D eigenvalue weighted by Crippen LogP contribution is -2.33. The van der Waals surface area contributed by atoms with Crippen molar-refractivity contribution in [2.24, 2.45) is 9.98 Å². The second kappa shape index (κ2) is 11.0. The van der Waals surface area contributed by atoms with Gasteiger partial charge in [0, 0.05) is 58.9 Å². The summed E-state index contributed by atoms with van der Waals surface area (Å²) in [5.41, 5.74) is 7.95. The number of benzene rings is 7. The van der Waals surface area contributed by atoms with Gasteiger partial charge in [-0.25, -0.2) is 9.98 Å². The van der Waals surface area contributed by atoms with E-state index in [1.807, 2.05) is 47.7 Å². The molecular formula is C45H28N4OS. The van der Waals surface area contributed by atoms with Crippen LogP contribution < -0.4 is 5.32 Å². The van der Waals surface area contributed by atoms with E-state index in [4.69, 9.17) is 14.4 Å². The molecule has 51 heavy (non-hydrogen) atoms. The van der Waals surface area contributed by atoms with Crippen LogP contribution in [0.1, 0.15) is 22.9 Å². The zero-order valence-electron chi connectivity index (χ0n) is 27.2. The van der Waals surface area contributed by atoms with Gasteiger partial charge in [-0.1, -0.05) is 115 Å². The Morgan fingerprint density at radius 3 is 2.16 bits per heavy atom. The largest absolute Gasteiger partial charge is 0.456 e. The number of para-hydroxylation sites is 2. The van der Waals surface area contributed by atoms with Crippen LogP contribution in [0, 0.1) is 0 Å². The van der Waals surface area contributed by atoms with E-state index in [0.29, 0.717) is 5.84 Å². The number of rotatable bonds is 4. The van der Waals surface area contributed by atoms with Crippen LogP contribution in [0.25, 0.3) is 69.6 Å². The van der Waals surface area contributed by atoms with Crippen LogP contribution in [-0.2, 0) is 0 Å². The number of nitrogens with one attached hydrogen (secondary N) is 1. The van der Waals surface area contributed by atoms with Crippen molar-refractivity contribution >= 4 is 86.9 Å². The molecule has 11 rings (SSSR count). The molecule has 0 saturated carbocycles. The van der Waals surface area contributed by atoms with Gasteiger partial charge >= 0.3 is 0 Å². The van der Waals surface area contributed by atoms with E-state index < -0.39 is 0 Å². The normalized spacial score (nSPS) is 14.9. The molecule has 7 aromatic carbocycles. The number of nitrogens with zero attached hydrogens (tertiary/aromatic N) is 3. The summed E-state index contributed by atoms with van der Waals surface area (Å²) in [4.78, 5) is 10.4. The highest BCUT2D eigenvalue weighted by molar-refractivity contribution is 7.26. The van der Waals surface area contributed by atoms with Crippen molar-refractivity contribution in [1.82, 2.24) is 9.88 Å². The van der Waals surface area contributed by atoms with E-state index in [1.54, 1.807) is 0 Å². The van der Waals surface area contributed by atoms with Crippen molar-refractivity contribution in [1.29, 1.82) is 0 Å². The summed E-state index contributed by atoms with van der Waals surface area (Å²) in [6, 6.07) is 55.3. The molecule has 10 aromatic rings. The molecule has 1 aliphatic rings. The summed E-state index contributed by atoms with van der Waals surface area (Å²) in [6.07, 6.45) is -0.320. The van der Waals surface area contributed by atoms with Gasteiger partial charge in [0.25, 0.3) is 0 Å². The summed E-state index contributed by atoms with van der Waals surface area (Å²) in [5, 5.41) is 10.9. The summed E-state index contributed by atoms with van der Waals surface area (Å²) >= 11 is 1.85. The summed E-state index contributed by atoms with van der Waals surface area (Å²) in [6.45, 7) is 0. The predicted octanol–water partition coefficient (Wildman–Crippen LogP) is 11.5. The molecule has 0 aliphatic carbocycles. The van der Waals surface area contributed by atoms with Crippen LogP contribution >= 0.6 is 11.3 Å². The van der Waals surface area contributed by atoms with Crippen LogP contribution in [0.5, 0.6) is 0 Å². The third kappa shape index (κ3) is 4.33. The van der Waals surface area contributed by atoms with Crippen molar-refractivity contribution in [2.45, 2.75) is 6.17 Å². The lowest BCUT2D eigenvalue weighted by molar-refractivity contribution is 0.667. The van der Waals surface area contributed by atoms with Crippen molar-refractivity contribution in [3.8, 4) is 5.69 Å². The highest BCUT2D eigenvalue weighted by Gasteiger charge is 2.26. The first-order valence-corrected chi connectivity index (χ1v) is 17.9. The first-order valence-electron chi connectivity index (χ1n) is 17.1. The van der Waals surface area contributed by atoms with E-state index in [0.717, 1.165) is 61.2 Å². The number of hydrogen-bond donors (Lipinski definition) is 1. The second-order valence-electron chi connectivity index (χ2n) is 13.0. The molecule has 0 fully saturated rings. The van der Waals surface area contributed by atoms with Gasteiger partial charge in [-0.05, 0) is 42.0 Å². The van der Waals surface area contributed by atoms with E-state index in [9.17, 15) is 0 Å². The predicted molar refractivity (Wildman–Crippen MR) is 213 cm³/mol. The van der Waals surface area contributed by atoms with E-state index in [2.05, 4.69) is 131 Å². The number of furan rings is 1. The van der Waals surface area contributed by atoms with Gasteiger partial charge in [0.15, 0.2) is 5.84 Å².